The van der Waals surface area contributed by atoms with E-state index in [-0.39, 0.29) is 11.9 Å². The highest BCUT2D eigenvalue weighted by Crippen LogP contribution is 2.24. The second-order valence-corrected chi connectivity index (χ2v) is 4.40. The molecule has 0 fully saturated rings. The molecule has 0 aromatic heterocycles. The first-order valence-electron chi connectivity index (χ1n) is 5.90. The molecule has 0 amide bonds. The summed E-state index contributed by atoms with van der Waals surface area (Å²) in [5.74, 6) is -0.175. The molecule has 0 saturated heterocycles. The minimum absolute atomic E-state index is 0.0462. The molecule has 0 radical (unpaired) electrons. The molecule has 3 heteroatoms. The number of aryl methyl sites for hydroxylation is 1. The Morgan fingerprint density at radius 3 is 2.22 bits per heavy atom. The van der Waals surface area contributed by atoms with E-state index in [4.69, 9.17) is 5.73 Å². The number of hydrogen-bond acceptors (Lipinski definition) is 2. The molecule has 2 aromatic carbocycles. The zero-order chi connectivity index (χ0) is 13.1. The zero-order valence-electron chi connectivity index (χ0n) is 10.6. The summed E-state index contributed by atoms with van der Waals surface area (Å²) < 4.78 is 13.3. The lowest BCUT2D eigenvalue weighted by molar-refractivity contribution is 0.614. The molecule has 3 N–H and O–H groups in total. The third-order valence-electron chi connectivity index (χ3n) is 3.07. The van der Waals surface area contributed by atoms with Crippen molar-refractivity contribution in [2.24, 2.45) is 0 Å². The fraction of sp³-hybridized carbons (Fsp3) is 0.200. The van der Waals surface area contributed by atoms with Gasteiger partial charge in [-0.15, -0.1) is 0 Å². The van der Waals surface area contributed by atoms with Crippen LogP contribution in [0.2, 0.25) is 0 Å². The van der Waals surface area contributed by atoms with Crippen molar-refractivity contribution in [3.8, 4) is 0 Å². The van der Waals surface area contributed by atoms with E-state index in [2.05, 4.69) is 5.32 Å². The Bertz CT molecular complexity index is 535. The number of anilines is 1. The first-order chi connectivity index (χ1) is 8.61. The maximum atomic E-state index is 13.3. The number of nitrogen functional groups attached to an aromatic ring is 1. The summed E-state index contributed by atoms with van der Waals surface area (Å²) in [7, 11) is 1.89. The van der Waals surface area contributed by atoms with Crippen molar-refractivity contribution < 1.29 is 4.39 Å². The van der Waals surface area contributed by atoms with Gasteiger partial charge in [0.15, 0.2) is 0 Å². The zero-order valence-corrected chi connectivity index (χ0v) is 10.6. The lowest BCUT2D eigenvalue weighted by Gasteiger charge is -2.18. The van der Waals surface area contributed by atoms with Crippen molar-refractivity contribution in [2.45, 2.75) is 13.0 Å². The lowest BCUT2D eigenvalue weighted by Crippen LogP contribution is -2.17. The molecule has 0 heterocycles. The normalized spacial score (nSPS) is 12.4. The number of hydrogen-bond donors (Lipinski definition) is 2. The average molecular weight is 244 g/mol. The average Bonchev–Trinajstić information content (AvgIpc) is 2.37. The fourth-order valence-corrected chi connectivity index (χ4v) is 2.06. The Hall–Kier alpha value is -1.87. The van der Waals surface area contributed by atoms with E-state index < -0.39 is 0 Å². The molecule has 1 atom stereocenters. The summed E-state index contributed by atoms with van der Waals surface area (Å²) in [6.45, 7) is 1.77. The number of rotatable bonds is 3. The van der Waals surface area contributed by atoms with E-state index in [1.165, 1.54) is 6.07 Å². The topological polar surface area (TPSA) is 38.0 Å². The molecule has 0 aliphatic carbocycles. The van der Waals surface area contributed by atoms with Crippen LogP contribution in [0.15, 0.2) is 42.5 Å². The van der Waals surface area contributed by atoms with Crippen LogP contribution in [0.1, 0.15) is 22.7 Å². The number of nitrogens with one attached hydrogen (secondary N) is 1. The van der Waals surface area contributed by atoms with Gasteiger partial charge in [0.1, 0.15) is 5.82 Å². The van der Waals surface area contributed by atoms with Gasteiger partial charge >= 0.3 is 0 Å². The van der Waals surface area contributed by atoms with E-state index in [0.717, 1.165) is 16.8 Å². The molecule has 0 aliphatic rings. The van der Waals surface area contributed by atoms with Crippen molar-refractivity contribution in [3.05, 3.63) is 65.0 Å². The summed E-state index contributed by atoms with van der Waals surface area (Å²) in [6, 6.07) is 12.9. The smallest absolute Gasteiger partial charge is 0.126 e. The Morgan fingerprint density at radius 1 is 1.06 bits per heavy atom. The Kier molecular flexibility index (Phi) is 3.63. The van der Waals surface area contributed by atoms with E-state index in [1.54, 1.807) is 13.0 Å². The molecule has 0 bridgehead atoms. The van der Waals surface area contributed by atoms with Gasteiger partial charge in [0.25, 0.3) is 0 Å². The molecular formula is C15H17FN2. The number of benzene rings is 2. The van der Waals surface area contributed by atoms with Crippen LogP contribution in [0.3, 0.4) is 0 Å². The molecule has 0 aliphatic heterocycles. The summed E-state index contributed by atoms with van der Waals surface area (Å²) in [5, 5.41) is 3.24. The maximum absolute atomic E-state index is 13.3. The highest BCUT2D eigenvalue weighted by molar-refractivity contribution is 5.43. The first-order valence-corrected chi connectivity index (χ1v) is 5.90. The fourth-order valence-electron chi connectivity index (χ4n) is 2.06. The molecular weight excluding hydrogens is 227 g/mol. The van der Waals surface area contributed by atoms with E-state index in [9.17, 15) is 4.39 Å². The Labute approximate surface area is 107 Å². The van der Waals surface area contributed by atoms with Crippen LogP contribution in [-0.2, 0) is 0 Å². The number of nitrogens with two attached hydrogens (primary N) is 1. The summed E-state index contributed by atoms with van der Waals surface area (Å²) in [4.78, 5) is 0. The second kappa shape index (κ2) is 5.19. The van der Waals surface area contributed by atoms with Gasteiger partial charge in [-0.05, 0) is 48.9 Å². The van der Waals surface area contributed by atoms with Crippen molar-refractivity contribution in [1.29, 1.82) is 0 Å². The van der Waals surface area contributed by atoms with Gasteiger partial charge in [-0.1, -0.05) is 24.3 Å². The molecule has 94 valence electrons. The quantitative estimate of drug-likeness (QED) is 0.814. The summed E-state index contributed by atoms with van der Waals surface area (Å²) in [6.07, 6.45) is 0. The SMILES string of the molecule is CNC(c1ccc(N)cc1)c1ccc(F)c(C)c1. The molecule has 2 nitrogen and oxygen atoms in total. The second-order valence-electron chi connectivity index (χ2n) is 4.40. The molecule has 0 spiro atoms. The van der Waals surface area contributed by atoms with Crippen LogP contribution < -0.4 is 11.1 Å². The van der Waals surface area contributed by atoms with Crippen LogP contribution in [-0.4, -0.2) is 7.05 Å². The largest absolute Gasteiger partial charge is 0.399 e. The highest BCUT2D eigenvalue weighted by Gasteiger charge is 2.12. The maximum Gasteiger partial charge on any atom is 0.126 e. The predicted octanol–water partition coefficient (Wildman–Crippen LogP) is 3.03. The van der Waals surface area contributed by atoms with Gasteiger partial charge in [-0.25, -0.2) is 4.39 Å². The van der Waals surface area contributed by atoms with Crippen LogP contribution in [0, 0.1) is 12.7 Å². The standard InChI is InChI=1S/C15H17FN2/c1-10-9-12(5-8-14(10)16)15(18-2)11-3-6-13(17)7-4-11/h3-9,15,18H,17H2,1-2H3. The van der Waals surface area contributed by atoms with Crippen LogP contribution in [0.4, 0.5) is 10.1 Å². The molecule has 2 aromatic rings. The minimum Gasteiger partial charge on any atom is -0.399 e. The predicted molar refractivity (Wildman–Crippen MR) is 72.9 cm³/mol. The monoisotopic (exact) mass is 244 g/mol. The van der Waals surface area contributed by atoms with E-state index in [0.29, 0.717) is 5.56 Å². The van der Waals surface area contributed by atoms with Gasteiger partial charge < -0.3 is 11.1 Å². The van der Waals surface area contributed by atoms with Crippen molar-refractivity contribution in [3.63, 3.8) is 0 Å². The molecule has 0 saturated carbocycles. The van der Waals surface area contributed by atoms with Gasteiger partial charge in [0, 0.05) is 5.69 Å². The van der Waals surface area contributed by atoms with Gasteiger partial charge in [-0.3, -0.25) is 0 Å². The van der Waals surface area contributed by atoms with Gasteiger partial charge in [0.2, 0.25) is 0 Å². The third-order valence-corrected chi connectivity index (χ3v) is 3.07. The van der Waals surface area contributed by atoms with Crippen molar-refractivity contribution in [1.82, 2.24) is 5.32 Å². The minimum atomic E-state index is -0.175. The molecule has 18 heavy (non-hydrogen) atoms. The van der Waals surface area contributed by atoms with Crippen molar-refractivity contribution >= 4 is 5.69 Å². The van der Waals surface area contributed by atoms with Gasteiger partial charge in [-0.2, -0.15) is 0 Å². The molecule has 1 unspecified atom stereocenters. The molecule has 2 rings (SSSR count). The third kappa shape index (κ3) is 2.51. The summed E-state index contributed by atoms with van der Waals surface area (Å²) >= 11 is 0. The number of halogens is 1. The Balaban J connectivity index is 2.38. The van der Waals surface area contributed by atoms with E-state index >= 15 is 0 Å². The Morgan fingerprint density at radius 2 is 1.67 bits per heavy atom. The van der Waals surface area contributed by atoms with Crippen molar-refractivity contribution in [2.75, 3.05) is 12.8 Å². The highest BCUT2D eigenvalue weighted by atomic mass is 19.1. The van der Waals surface area contributed by atoms with Crippen LogP contribution in [0.25, 0.3) is 0 Å². The van der Waals surface area contributed by atoms with Crippen LogP contribution in [0.5, 0.6) is 0 Å². The van der Waals surface area contributed by atoms with Crippen LogP contribution >= 0.6 is 0 Å². The first kappa shape index (κ1) is 12.6. The van der Waals surface area contributed by atoms with E-state index in [1.807, 2.05) is 37.4 Å². The lowest BCUT2D eigenvalue weighted by atomic mass is 9.97. The van der Waals surface area contributed by atoms with Gasteiger partial charge in [0.05, 0.1) is 6.04 Å². The summed E-state index contributed by atoms with van der Waals surface area (Å²) in [5.41, 5.74) is 9.23.